The summed E-state index contributed by atoms with van der Waals surface area (Å²) in [6.45, 7) is 0. The Labute approximate surface area is 175 Å². The number of nitro benzene ring substituents is 2. The van der Waals surface area contributed by atoms with E-state index in [9.17, 15) is 37.1 Å². The van der Waals surface area contributed by atoms with Crippen LogP contribution in [0.25, 0.3) is 0 Å². The van der Waals surface area contributed by atoms with Crippen molar-refractivity contribution >= 4 is 37.1 Å². The molecule has 0 saturated carbocycles. The third-order valence-electron chi connectivity index (χ3n) is 3.98. The topological polar surface area (TPSA) is 171 Å². The molecule has 1 aromatic heterocycles. The fourth-order valence-electron chi connectivity index (χ4n) is 2.54. The molecule has 0 atom stereocenters. The summed E-state index contributed by atoms with van der Waals surface area (Å²) in [4.78, 5) is 22.9. The Bertz CT molecular complexity index is 1250. The lowest BCUT2D eigenvalue weighted by Crippen LogP contribution is -2.37. The Kier molecular flexibility index (Phi) is 5.68. The average molecular weight is 464 g/mol. The van der Waals surface area contributed by atoms with Crippen molar-refractivity contribution in [3.8, 4) is 0 Å². The molecule has 0 N–H and O–H groups in total. The zero-order chi connectivity index (χ0) is 22.8. The van der Waals surface area contributed by atoms with Gasteiger partial charge in [0.2, 0.25) is 0 Å². The van der Waals surface area contributed by atoms with Gasteiger partial charge in [-0.25, -0.2) is 16.8 Å². The molecule has 0 unspecified atom stereocenters. The number of benzene rings is 2. The smallest absolute Gasteiger partial charge is 0.262 e. The third kappa shape index (κ3) is 4.19. The molecule has 14 heteroatoms. The first-order chi connectivity index (χ1) is 14.5. The number of rotatable bonds is 7. The van der Waals surface area contributed by atoms with E-state index in [-0.39, 0.29) is 20.8 Å². The predicted octanol–water partition coefficient (Wildman–Crippen LogP) is 2.48. The molecule has 0 saturated heterocycles. The summed E-state index contributed by atoms with van der Waals surface area (Å²) in [5.74, 6) is 0. The molecular formula is C17H12N4O8S2. The zero-order valence-corrected chi connectivity index (χ0v) is 16.9. The SMILES string of the molecule is O=[N+]([O-])c1ccc(S(=O)(=O)N(c2cccnc2)S(=O)(=O)c2ccc([N+](=O)[O-])cc2)cc1. The Morgan fingerprint density at radius 1 is 0.710 bits per heavy atom. The van der Waals surface area contributed by atoms with Gasteiger partial charge in [-0.3, -0.25) is 25.2 Å². The van der Waals surface area contributed by atoms with Crippen LogP contribution in [0.15, 0.2) is 82.8 Å². The lowest BCUT2D eigenvalue weighted by atomic mass is 10.3. The molecule has 31 heavy (non-hydrogen) atoms. The number of hydrogen-bond donors (Lipinski definition) is 0. The van der Waals surface area contributed by atoms with E-state index in [0.29, 0.717) is 0 Å². The summed E-state index contributed by atoms with van der Waals surface area (Å²) in [5.41, 5.74) is -1.09. The highest BCUT2D eigenvalue weighted by molar-refractivity contribution is 8.10. The van der Waals surface area contributed by atoms with Gasteiger partial charge >= 0.3 is 0 Å². The number of nitrogens with zero attached hydrogens (tertiary/aromatic N) is 4. The summed E-state index contributed by atoms with van der Waals surface area (Å²) >= 11 is 0. The molecule has 0 bridgehead atoms. The first-order valence-electron chi connectivity index (χ1n) is 8.24. The van der Waals surface area contributed by atoms with Crippen molar-refractivity contribution in [2.75, 3.05) is 3.71 Å². The van der Waals surface area contributed by atoms with E-state index in [1.807, 2.05) is 0 Å². The van der Waals surface area contributed by atoms with E-state index in [2.05, 4.69) is 4.98 Å². The molecule has 0 radical (unpaired) electrons. The molecule has 0 amide bonds. The predicted molar refractivity (Wildman–Crippen MR) is 107 cm³/mol. The van der Waals surface area contributed by atoms with Crippen LogP contribution in [-0.4, -0.2) is 31.7 Å². The van der Waals surface area contributed by atoms with Gasteiger partial charge in [0.15, 0.2) is 0 Å². The summed E-state index contributed by atoms with van der Waals surface area (Å²) < 4.78 is 53.1. The van der Waals surface area contributed by atoms with Gasteiger partial charge < -0.3 is 0 Å². The molecule has 0 aliphatic carbocycles. The molecule has 1 heterocycles. The van der Waals surface area contributed by atoms with Crippen LogP contribution in [0.4, 0.5) is 17.1 Å². The number of pyridine rings is 1. The first-order valence-corrected chi connectivity index (χ1v) is 11.1. The number of sulfonamides is 2. The fourth-order valence-corrected chi connectivity index (χ4v) is 6.20. The molecule has 2 aromatic carbocycles. The van der Waals surface area contributed by atoms with Crippen molar-refractivity contribution in [1.29, 1.82) is 0 Å². The minimum absolute atomic E-state index is 0.120. The Morgan fingerprint density at radius 3 is 1.45 bits per heavy atom. The van der Waals surface area contributed by atoms with Crippen molar-refractivity contribution in [3.05, 3.63) is 93.3 Å². The second kappa shape index (κ2) is 8.08. The Morgan fingerprint density at radius 2 is 1.13 bits per heavy atom. The molecule has 0 aliphatic heterocycles. The minimum atomic E-state index is -4.78. The molecule has 3 rings (SSSR count). The van der Waals surface area contributed by atoms with Gasteiger partial charge in [0.25, 0.3) is 31.4 Å². The molecule has 12 nitrogen and oxygen atoms in total. The molecule has 3 aromatic rings. The molecular weight excluding hydrogens is 452 g/mol. The number of nitro groups is 2. The highest BCUT2D eigenvalue weighted by Crippen LogP contribution is 2.31. The standard InChI is InChI=1S/C17H12N4O8S2/c22-19(23)13-3-7-16(8-4-13)30(26,27)21(15-2-1-11-18-12-15)31(28,29)17-9-5-14(6-10-17)20(24)25/h1-12H. The van der Waals surface area contributed by atoms with E-state index < -0.39 is 39.7 Å². The molecule has 0 fully saturated rings. The van der Waals surface area contributed by atoms with E-state index in [1.165, 1.54) is 18.3 Å². The molecule has 160 valence electrons. The van der Waals surface area contributed by atoms with Gasteiger partial charge in [-0.2, -0.15) is 3.71 Å². The van der Waals surface area contributed by atoms with Gasteiger partial charge in [-0.15, -0.1) is 0 Å². The number of aromatic nitrogens is 1. The largest absolute Gasteiger partial charge is 0.277 e. The molecule has 0 spiro atoms. The van der Waals surface area contributed by atoms with E-state index in [0.717, 1.165) is 54.7 Å². The average Bonchev–Trinajstić information content (AvgIpc) is 2.74. The van der Waals surface area contributed by atoms with Crippen LogP contribution < -0.4 is 3.71 Å². The van der Waals surface area contributed by atoms with Gasteiger partial charge in [-0.05, 0) is 36.4 Å². The summed E-state index contributed by atoms with van der Waals surface area (Å²) in [6, 6.07) is 9.83. The van der Waals surface area contributed by atoms with Crippen LogP contribution in [0.2, 0.25) is 0 Å². The zero-order valence-electron chi connectivity index (χ0n) is 15.3. The summed E-state index contributed by atoms with van der Waals surface area (Å²) in [5, 5.41) is 21.7. The number of anilines is 1. The van der Waals surface area contributed by atoms with Crippen LogP contribution >= 0.6 is 0 Å². The lowest BCUT2D eigenvalue weighted by Gasteiger charge is -2.23. The maximum atomic E-state index is 13.3. The van der Waals surface area contributed by atoms with Crippen molar-refractivity contribution in [3.63, 3.8) is 0 Å². The normalized spacial score (nSPS) is 11.6. The van der Waals surface area contributed by atoms with E-state index >= 15 is 0 Å². The Hall–Kier alpha value is -3.91. The number of non-ortho nitro benzene ring substituents is 2. The van der Waals surface area contributed by atoms with Crippen LogP contribution in [0.3, 0.4) is 0 Å². The maximum absolute atomic E-state index is 13.3. The van der Waals surface area contributed by atoms with Gasteiger partial charge in [-0.1, -0.05) is 0 Å². The second-order valence-electron chi connectivity index (χ2n) is 5.92. The van der Waals surface area contributed by atoms with Crippen molar-refractivity contribution in [2.45, 2.75) is 9.79 Å². The van der Waals surface area contributed by atoms with Crippen LogP contribution in [0, 0.1) is 20.2 Å². The van der Waals surface area contributed by atoms with Crippen molar-refractivity contribution in [1.82, 2.24) is 4.98 Å². The second-order valence-corrected chi connectivity index (χ2v) is 9.72. The van der Waals surface area contributed by atoms with Crippen molar-refractivity contribution < 1.29 is 26.7 Å². The number of hydrogen-bond acceptors (Lipinski definition) is 9. The summed E-state index contributed by atoms with van der Waals surface area (Å²) in [6.07, 6.45) is 2.31. The fraction of sp³-hybridized carbons (Fsp3) is 0. The van der Waals surface area contributed by atoms with Crippen molar-refractivity contribution in [2.24, 2.45) is 0 Å². The van der Waals surface area contributed by atoms with Crippen LogP contribution in [0.5, 0.6) is 0 Å². The minimum Gasteiger partial charge on any atom is -0.262 e. The van der Waals surface area contributed by atoms with Gasteiger partial charge in [0.05, 0.1) is 31.5 Å². The van der Waals surface area contributed by atoms with Gasteiger partial charge in [0.1, 0.15) is 0 Å². The summed E-state index contributed by atoms with van der Waals surface area (Å²) in [7, 11) is -9.56. The Balaban J connectivity index is 2.19. The van der Waals surface area contributed by atoms with Gasteiger partial charge in [0, 0.05) is 30.5 Å². The third-order valence-corrected chi connectivity index (χ3v) is 8.19. The first kappa shape index (κ1) is 21.8. The maximum Gasteiger partial charge on any atom is 0.277 e. The van der Waals surface area contributed by atoms with E-state index in [4.69, 9.17) is 0 Å². The molecule has 0 aliphatic rings. The highest BCUT2D eigenvalue weighted by Gasteiger charge is 2.37. The van der Waals surface area contributed by atoms with Crippen LogP contribution in [-0.2, 0) is 20.0 Å². The quantitative estimate of drug-likeness (QED) is 0.376. The monoisotopic (exact) mass is 464 g/mol. The van der Waals surface area contributed by atoms with E-state index in [1.54, 1.807) is 0 Å². The highest BCUT2D eigenvalue weighted by atomic mass is 32.3. The lowest BCUT2D eigenvalue weighted by molar-refractivity contribution is -0.385. The van der Waals surface area contributed by atoms with Crippen LogP contribution in [0.1, 0.15) is 0 Å².